The normalized spacial score (nSPS) is 15.4. The number of piperidine rings is 1. The van der Waals surface area contributed by atoms with Gasteiger partial charge in [0.25, 0.3) is 0 Å². The molecule has 37 heavy (non-hydrogen) atoms. The number of aromatic nitrogens is 1. The lowest BCUT2D eigenvalue weighted by atomic mass is 10.1. The number of nitrogens with zero attached hydrogens (tertiary/aromatic N) is 2. The van der Waals surface area contributed by atoms with E-state index in [0.29, 0.717) is 17.8 Å². The standard InChI is InChI=1S/C26H29ClF2N4O3S/c1-17(24-21(28)9-10-22(29)25(24)27)36-23-15-19(16-31-26(23)30)18-5-7-20(8-6-18)32-37(34,35)14-13-33-11-3-2-4-12-33/h5-10,15-17,32H,2-4,11-14H2,1H3,(H2,30,31). The molecule has 1 fully saturated rings. The first-order valence-electron chi connectivity index (χ1n) is 12.0. The summed E-state index contributed by atoms with van der Waals surface area (Å²) in [5.74, 6) is -1.18. The number of rotatable bonds is 9. The zero-order chi connectivity index (χ0) is 26.6. The first-order valence-corrected chi connectivity index (χ1v) is 14.0. The lowest BCUT2D eigenvalue weighted by Crippen LogP contribution is -2.35. The van der Waals surface area contributed by atoms with Crippen LogP contribution < -0.4 is 15.2 Å². The molecule has 1 atom stereocenters. The monoisotopic (exact) mass is 550 g/mol. The van der Waals surface area contributed by atoms with Crippen molar-refractivity contribution in [2.24, 2.45) is 0 Å². The molecule has 4 rings (SSSR count). The van der Waals surface area contributed by atoms with Crippen LogP contribution in [0, 0.1) is 11.6 Å². The summed E-state index contributed by atoms with van der Waals surface area (Å²) in [4.78, 5) is 6.33. The number of hydrogen-bond donors (Lipinski definition) is 2. The molecule has 0 saturated carbocycles. The molecule has 1 unspecified atom stereocenters. The highest BCUT2D eigenvalue weighted by Gasteiger charge is 2.21. The Morgan fingerprint density at radius 1 is 1.08 bits per heavy atom. The van der Waals surface area contributed by atoms with Gasteiger partial charge in [-0.05, 0) is 68.8 Å². The second kappa shape index (κ2) is 11.6. The Hall–Kier alpha value is -2.95. The Kier molecular flexibility index (Phi) is 8.51. The zero-order valence-corrected chi connectivity index (χ0v) is 22.0. The third kappa shape index (κ3) is 6.88. The third-order valence-corrected chi connectivity index (χ3v) is 7.94. The van der Waals surface area contributed by atoms with Crippen LogP contribution in [0.1, 0.15) is 37.9 Å². The average Bonchev–Trinajstić information content (AvgIpc) is 2.88. The maximum absolute atomic E-state index is 14.3. The molecule has 1 aliphatic heterocycles. The Morgan fingerprint density at radius 2 is 1.76 bits per heavy atom. The van der Waals surface area contributed by atoms with E-state index >= 15 is 0 Å². The summed E-state index contributed by atoms with van der Waals surface area (Å²) in [5.41, 5.74) is 7.66. The lowest BCUT2D eigenvalue weighted by Gasteiger charge is -2.26. The second-order valence-electron chi connectivity index (χ2n) is 9.02. The molecule has 198 valence electrons. The molecule has 7 nitrogen and oxygen atoms in total. The van der Waals surface area contributed by atoms with Crippen molar-refractivity contribution in [3.8, 4) is 16.9 Å². The van der Waals surface area contributed by atoms with E-state index in [4.69, 9.17) is 22.1 Å². The predicted octanol–water partition coefficient (Wildman–Crippen LogP) is 5.63. The number of nitrogens with one attached hydrogen (secondary N) is 1. The van der Waals surface area contributed by atoms with E-state index < -0.39 is 27.8 Å². The number of pyridine rings is 1. The molecule has 1 saturated heterocycles. The number of ether oxygens (including phenoxy) is 1. The van der Waals surface area contributed by atoms with Gasteiger partial charge in [-0.2, -0.15) is 0 Å². The maximum Gasteiger partial charge on any atom is 0.233 e. The number of nitrogen functional groups attached to an aromatic ring is 1. The van der Waals surface area contributed by atoms with Crippen molar-refractivity contribution in [3.05, 3.63) is 70.9 Å². The van der Waals surface area contributed by atoms with Crippen LogP contribution in [0.15, 0.2) is 48.7 Å². The van der Waals surface area contributed by atoms with Gasteiger partial charge in [0.15, 0.2) is 11.6 Å². The fourth-order valence-electron chi connectivity index (χ4n) is 4.27. The average molecular weight is 551 g/mol. The van der Waals surface area contributed by atoms with E-state index in [0.717, 1.165) is 43.6 Å². The molecule has 2 aromatic carbocycles. The fourth-order valence-corrected chi connectivity index (χ4v) is 5.67. The van der Waals surface area contributed by atoms with Gasteiger partial charge in [0.1, 0.15) is 17.7 Å². The zero-order valence-electron chi connectivity index (χ0n) is 20.4. The minimum absolute atomic E-state index is 0.0332. The van der Waals surface area contributed by atoms with Crippen molar-refractivity contribution < 1.29 is 21.9 Å². The largest absolute Gasteiger partial charge is 0.482 e. The van der Waals surface area contributed by atoms with Crippen LogP contribution in [0.25, 0.3) is 11.1 Å². The van der Waals surface area contributed by atoms with Crippen LogP contribution in [0.5, 0.6) is 5.75 Å². The smallest absolute Gasteiger partial charge is 0.233 e. The highest BCUT2D eigenvalue weighted by molar-refractivity contribution is 7.92. The predicted molar refractivity (Wildman–Crippen MR) is 142 cm³/mol. The number of halogens is 3. The van der Waals surface area contributed by atoms with Crippen LogP contribution in [-0.4, -0.2) is 43.7 Å². The Balaban J connectivity index is 1.44. The molecule has 11 heteroatoms. The van der Waals surface area contributed by atoms with Gasteiger partial charge in [0, 0.05) is 29.6 Å². The summed E-state index contributed by atoms with van der Waals surface area (Å²) in [5, 5.41) is -0.357. The first-order chi connectivity index (χ1) is 17.6. The van der Waals surface area contributed by atoms with Gasteiger partial charge >= 0.3 is 0 Å². The maximum atomic E-state index is 14.3. The molecule has 1 aromatic heterocycles. The van der Waals surface area contributed by atoms with E-state index in [1.807, 2.05) is 0 Å². The molecule has 0 spiro atoms. The number of anilines is 2. The lowest BCUT2D eigenvalue weighted by molar-refractivity contribution is 0.221. The van der Waals surface area contributed by atoms with E-state index in [9.17, 15) is 17.2 Å². The Morgan fingerprint density at radius 3 is 2.46 bits per heavy atom. The topological polar surface area (TPSA) is 97.5 Å². The number of hydrogen-bond acceptors (Lipinski definition) is 6. The van der Waals surface area contributed by atoms with Gasteiger partial charge in [-0.15, -0.1) is 0 Å². The van der Waals surface area contributed by atoms with Crippen LogP contribution in [-0.2, 0) is 10.0 Å². The van der Waals surface area contributed by atoms with Crippen molar-refractivity contribution in [1.82, 2.24) is 9.88 Å². The van der Waals surface area contributed by atoms with E-state index in [1.165, 1.54) is 13.3 Å². The summed E-state index contributed by atoms with van der Waals surface area (Å²) in [7, 11) is -3.48. The number of nitrogens with two attached hydrogens (primary N) is 1. The molecule has 0 radical (unpaired) electrons. The molecule has 0 amide bonds. The number of likely N-dealkylation sites (tertiary alicyclic amines) is 1. The highest BCUT2D eigenvalue weighted by Crippen LogP contribution is 2.35. The second-order valence-corrected chi connectivity index (χ2v) is 11.2. The van der Waals surface area contributed by atoms with Crippen molar-refractivity contribution in [2.75, 3.05) is 35.8 Å². The summed E-state index contributed by atoms with van der Waals surface area (Å²) in [6.07, 6.45) is 4.01. The highest BCUT2D eigenvalue weighted by atomic mass is 35.5. The van der Waals surface area contributed by atoms with E-state index in [2.05, 4.69) is 14.6 Å². The molecule has 2 heterocycles. The third-order valence-electron chi connectivity index (χ3n) is 6.29. The molecule has 0 bridgehead atoms. The fraction of sp³-hybridized carbons (Fsp3) is 0.346. The summed E-state index contributed by atoms with van der Waals surface area (Å²) >= 11 is 5.95. The first kappa shape index (κ1) is 27.1. The van der Waals surface area contributed by atoms with E-state index in [1.54, 1.807) is 36.5 Å². The van der Waals surface area contributed by atoms with E-state index in [-0.39, 0.29) is 27.9 Å². The van der Waals surface area contributed by atoms with Crippen molar-refractivity contribution >= 4 is 33.1 Å². The van der Waals surface area contributed by atoms with Gasteiger partial charge in [-0.25, -0.2) is 22.2 Å². The number of sulfonamides is 1. The Labute approximate surface area is 220 Å². The molecular weight excluding hydrogens is 522 g/mol. The van der Waals surface area contributed by atoms with Gasteiger partial charge in [-0.3, -0.25) is 4.72 Å². The summed E-state index contributed by atoms with van der Waals surface area (Å²) in [6.45, 7) is 3.92. The van der Waals surface area contributed by atoms with Crippen molar-refractivity contribution in [1.29, 1.82) is 0 Å². The minimum Gasteiger partial charge on any atom is -0.482 e. The molecular formula is C26H29ClF2N4O3S. The van der Waals surface area contributed by atoms with Crippen LogP contribution >= 0.6 is 11.6 Å². The molecule has 0 aliphatic carbocycles. The van der Waals surface area contributed by atoms with Crippen LogP contribution in [0.2, 0.25) is 5.02 Å². The van der Waals surface area contributed by atoms with Gasteiger partial charge < -0.3 is 15.4 Å². The molecule has 1 aliphatic rings. The van der Waals surface area contributed by atoms with Gasteiger partial charge in [-0.1, -0.05) is 30.2 Å². The molecule has 3 aromatic rings. The van der Waals surface area contributed by atoms with Gasteiger partial charge in [0.2, 0.25) is 10.0 Å². The van der Waals surface area contributed by atoms with Crippen LogP contribution in [0.3, 0.4) is 0 Å². The van der Waals surface area contributed by atoms with Crippen molar-refractivity contribution in [2.45, 2.75) is 32.3 Å². The quantitative estimate of drug-likeness (QED) is 0.335. The minimum atomic E-state index is -3.48. The SMILES string of the molecule is CC(Oc1cc(-c2ccc(NS(=O)(=O)CCN3CCCCC3)cc2)cnc1N)c1c(F)ccc(F)c1Cl. The summed E-state index contributed by atoms with van der Waals surface area (Å²) < 4.78 is 61.6. The Bertz CT molecular complexity index is 1350. The van der Waals surface area contributed by atoms with Crippen LogP contribution in [0.4, 0.5) is 20.3 Å². The van der Waals surface area contributed by atoms with Gasteiger partial charge in [0.05, 0.1) is 10.8 Å². The van der Waals surface area contributed by atoms with Crippen molar-refractivity contribution in [3.63, 3.8) is 0 Å². The number of benzene rings is 2. The summed E-state index contributed by atoms with van der Waals surface area (Å²) in [6, 6.07) is 10.4. The molecule has 3 N–H and O–H groups in total.